The second-order valence-corrected chi connectivity index (χ2v) is 5.60. The van der Waals surface area contributed by atoms with Crippen molar-refractivity contribution < 1.29 is 9.13 Å². The number of aromatic nitrogens is 3. The third-order valence-corrected chi connectivity index (χ3v) is 4.14. The molecular formula is C17H17FN4O. The molecule has 1 saturated heterocycles. The molecule has 0 N–H and O–H groups in total. The van der Waals surface area contributed by atoms with Crippen LogP contribution in [0.5, 0.6) is 0 Å². The van der Waals surface area contributed by atoms with Gasteiger partial charge in [-0.3, -0.25) is 14.3 Å². The van der Waals surface area contributed by atoms with Crippen molar-refractivity contribution in [2.24, 2.45) is 0 Å². The number of rotatable bonds is 3. The maximum absolute atomic E-state index is 14.5. The Labute approximate surface area is 133 Å². The molecular weight excluding hydrogens is 295 g/mol. The summed E-state index contributed by atoms with van der Waals surface area (Å²) in [5.41, 5.74) is 2.34. The van der Waals surface area contributed by atoms with Crippen LogP contribution in [0.3, 0.4) is 0 Å². The lowest BCUT2D eigenvalue weighted by molar-refractivity contribution is 0.0343. The molecule has 0 bridgehead atoms. The van der Waals surface area contributed by atoms with Crippen LogP contribution in [-0.2, 0) is 11.3 Å². The van der Waals surface area contributed by atoms with Crippen molar-refractivity contribution in [2.75, 3.05) is 26.3 Å². The first-order chi connectivity index (χ1) is 11.3. The molecule has 3 aromatic heterocycles. The summed E-state index contributed by atoms with van der Waals surface area (Å²) in [7, 11) is 0. The number of morpholine rings is 1. The normalized spacial score (nSPS) is 16.0. The molecule has 5 nitrogen and oxygen atoms in total. The fraction of sp³-hybridized carbons (Fsp3) is 0.294. The van der Waals surface area contributed by atoms with Crippen molar-refractivity contribution in [3.8, 4) is 11.4 Å². The molecule has 0 aliphatic carbocycles. The van der Waals surface area contributed by atoms with Gasteiger partial charge in [0.2, 0.25) is 5.95 Å². The van der Waals surface area contributed by atoms with Crippen LogP contribution in [0.15, 0.2) is 42.9 Å². The highest BCUT2D eigenvalue weighted by Crippen LogP contribution is 2.24. The molecule has 0 atom stereocenters. The van der Waals surface area contributed by atoms with Gasteiger partial charge in [0.25, 0.3) is 0 Å². The molecule has 0 unspecified atom stereocenters. The Hall–Kier alpha value is -2.31. The number of pyridine rings is 2. The van der Waals surface area contributed by atoms with Crippen LogP contribution in [0, 0.1) is 5.95 Å². The van der Waals surface area contributed by atoms with Crippen LogP contribution in [-0.4, -0.2) is 45.6 Å². The third-order valence-electron chi connectivity index (χ3n) is 4.14. The van der Waals surface area contributed by atoms with E-state index in [0.29, 0.717) is 17.9 Å². The molecule has 1 aliphatic rings. The highest BCUT2D eigenvalue weighted by atomic mass is 19.1. The van der Waals surface area contributed by atoms with Crippen LogP contribution in [0.2, 0.25) is 0 Å². The van der Waals surface area contributed by atoms with E-state index in [9.17, 15) is 4.39 Å². The average molecular weight is 312 g/mol. The minimum Gasteiger partial charge on any atom is -0.379 e. The highest BCUT2D eigenvalue weighted by Gasteiger charge is 2.18. The quantitative estimate of drug-likeness (QED) is 0.745. The first-order valence-electron chi connectivity index (χ1n) is 7.69. The molecule has 6 heteroatoms. The summed E-state index contributed by atoms with van der Waals surface area (Å²) in [6, 6.07) is 7.58. The van der Waals surface area contributed by atoms with Crippen LogP contribution in [0.4, 0.5) is 4.39 Å². The van der Waals surface area contributed by atoms with E-state index in [1.54, 1.807) is 12.4 Å². The van der Waals surface area contributed by atoms with Crippen molar-refractivity contribution in [1.82, 2.24) is 19.3 Å². The molecule has 1 aliphatic heterocycles. The van der Waals surface area contributed by atoms with Crippen LogP contribution in [0.25, 0.3) is 16.9 Å². The minimum absolute atomic E-state index is 0.430. The first-order valence-corrected chi connectivity index (χ1v) is 7.69. The molecule has 4 rings (SSSR count). The van der Waals surface area contributed by atoms with Crippen LogP contribution >= 0.6 is 0 Å². The number of hydrogen-bond donors (Lipinski definition) is 0. The lowest BCUT2D eigenvalue weighted by Crippen LogP contribution is -2.35. The molecule has 0 saturated carbocycles. The number of ether oxygens (including phenoxy) is 1. The van der Waals surface area contributed by atoms with E-state index in [-0.39, 0.29) is 0 Å². The lowest BCUT2D eigenvalue weighted by atomic mass is 10.2. The van der Waals surface area contributed by atoms with Crippen LogP contribution < -0.4 is 0 Å². The SMILES string of the molecule is Fc1nc(-c2ccncc2)n2cccc(CN3CCOCC3)c12. The van der Waals surface area contributed by atoms with Gasteiger partial charge in [-0.1, -0.05) is 6.07 Å². The Balaban J connectivity index is 1.77. The predicted octanol–water partition coefficient (Wildman–Crippen LogP) is 2.37. The van der Waals surface area contributed by atoms with Crippen molar-refractivity contribution in [2.45, 2.75) is 6.54 Å². The summed E-state index contributed by atoms with van der Waals surface area (Å²) >= 11 is 0. The monoisotopic (exact) mass is 312 g/mol. The van der Waals surface area contributed by atoms with E-state index in [0.717, 1.165) is 37.4 Å². The molecule has 4 heterocycles. The first kappa shape index (κ1) is 14.3. The summed E-state index contributed by atoms with van der Waals surface area (Å²) in [6.07, 6.45) is 5.22. The van der Waals surface area contributed by atoms with E-state index in [4.69, 9.17) is 4.74 Å². The Morgan fingerprint density at radius 1 is 1.13 bits per heavy atom. The zero-order valence-corrected chi connectivity index (χ0v) is 12.7. The predicted molar refractivity (Wildman–Crippen MR) is 84.5 cm³/mol. The summed E-state index contributed by atoms with van der Waals surface area (Å²) in [6.45, 7) is 3.90. The van der Waals surface area contributed by atoms with E-state index in [1.165, 1.54) is 0 Å². The van der Waals surface area contributed by atoms with E-state index < -0.39 is 5.95 Å². The largest absolute Gasteiger partial charge is 0.379 e. The van der Waals surface area contributed by atoms with Gasteiger partial charge in [-0.2, -0.15) is 9.37 Å². The third kappa shape index (κ3) is 2.71. The zero-order valence-electron chi connectivity index (χ0n) is 12.7. The van der Waals surface area contributed by atoms with Gasteiger partial charge in [0.15, 0.2) is 0 Å². The maximum atomic E-state index is 14.5. The summed E-state index contributed by atoms with van der Waals surface area (Å²) in [4.78, 5) is 10.4. The Kier molecular flexibility index (Phi) is 3.77. The molecule has 0 aromatic carbocycles. The molecule has 0 spiro atoms. The Morgan fingerprint density at radius 2 is 1.91 bits per heavy atom. The molecule has 23 heavy (non-hydrogen) atoms. The highest BCUT2D eigenvalue weighted by molar-refractivity contribution is 5.65. The van der Waals surface area contributed by atoms with Gasteiger partial charge < -0.3 is 4.74 Å². The standard InChI is InChI=1S/C17H17FN4O/c18-16-15-14(12-21-8-10-23-11-9-21)2-1-7-22(15)17(20-16)13-3-5-19-6-4-13/h1-7H,8-12H2. The van der Waals surface area contributed by atoms with Crippen molar-refractivity contribution in [3.63, 3.8) is 0 Å². The molecule has 0 radical (unpaired) electrons. The average Bonchev–Trinajstić information content (AvgIpc) is 2.95. The molecule has 118 valence electrons. The van der Waals surface area contributed by atoms with Gasteiger partial charge in [0.1, 0.15) is 11.3 Å². The van der Waals surface area contributed by atoms with Crippen molar-refractivity contribution >= 4 is 5.52 Å². The summed E-state index contributed by atoms with van der Waals surface area (Å²) in [5.74, 6) is 0.171. The summed E-state index contributed by atoms with van der Waals surface area (Å²) < 4.78 is 21.7. The van der Waals surface area contributed by atoms with Crippen molar-refractivity contribution in [1.29, 1.82) is 0 Å². The Bertz CT molecular complexity index is 812. The lowest BCUT2D eigenvalue weighted by Gasteiger charge is -2.26. The second kappa shape index (κ2) is 6.06. The van der Waals surface area contributed by atoms with Gasteiger partial charge in [0, 0.05) is 43.8 Å². The van der Waals surface area contributed by atoms with Gasteiger partial charge in [-0.25, -0.2) is 0 Å². The van der Waals surface area contributed by atoms with Gasteiger partial charge in [0.05, 0.1) is 13.2 Å². The fourth-order valence-electron chi connectivity index (χ4n) is 2.99. The maximum Gasteiger partial charge on any atom is 0.239 e. The van der Waals surface area contributed by atoms with E-state index in [2.05, 4.69) is 14.9 Å². The molecule has 0 amide bonds. The topological polar surface area (TPSA) is 42.7 Å². The van der Waals surface area contributed by atoms with Crippen molar-refractivity contribution in [3.05, 3.63) is 54.4 Å². The van der Waals surface area contributed by atoms with E-state index in [1.807, 2.05) is 34.9 Å². The second-order valence-electron chi connectivity index (χ2n) is 5.60. The molecule has 3 aromatic rings. The van der Waals surface area contributed by atoms with E-state index >= 15 is 0 Å². The number of nitrogens with zero attached hydrogens (tertiary/aromatic N) is 4. The van der Waals surface area contributed by atoms with Crippen LogP contribution in [0.1, 0.15) is 5.56 Å². The van der Waals surface area contributed by atoms with Gasteiger partial charge in [-0.05, 0) is 23.8 Å². The Morgan fingerprint density at radius 3 is 2.70 bits per heavy atom. The van der Waals surface area contributed by atoms with Gasteiger partial charge in [-0.15, -0.1) is 0 Å². The number of imidazole rings is 1. The number of halogens is 1. The number of fused-ring (bicyclic) bond motifs is 1. The zero-order chi connectivity index (χ0) is 15.6. The van der Waals surface area contributed by atoms with Gasteiger partial charge >= 0.3 is 0 Å². The fourth-order valence-corrected chi connectivity index (χ4v) is 2.99. The minimum atomic E-state index is -0.430. The summed E-state index contributed by atoms with van der Waals surface area (Å²) in [5, 5.41) is 0. The number of hydrogen-bond acceptors (Lipinski definition) is 4. The smallest absolute Gasteiger partial charge is 0.239 e. The molecule has 1 fully saturated rings.